The highest BCUT2D eigenvalue weighted by Gasteiger charge is 2.37. The number of hydrogen-bond donors (Lipinski definition) is 2. The third kappa shape index (κ3) is 2.93. The third-order valence-electron chi connectivity index (χ3n) is 3.82. The Labute approximate surface area is 115 Å². The molecule has 0 spiro atoms. The number of nitrogens with one attached hydrogen (secondary N) is 1. The number of nitro groups is 1. The van der Waals surface area contributed by atoms with Crippen molar-refractivity contribution in [1.29, 1.82) is 0 Å². The van der Waals surface area contributed by atoms with Crippen LogP contribution in [0.25, 0.3) is 0 Å². The van der Waals surface area contributed by atoms with Crippen molar-refractivity contribution < 1.29 is 14.1 Å². The number of benzene rings is 1. The van der Waals surface area contributed by atoms with Crippen LogP contribution >= 0.6 is 0 Å². The van der Waals surface area contributed by atoms with Gasteiger partial charge in [0.25, 0.3) is 5.69 Å². The van der Waals surface area contributed by atoms with E-state index < -0.39 is 10.7 Å². The van der Waals surface area contributed by atoms with Crippen LogP contribution in [-0.4, -0.2) is 17.4 Å². The number of nitro benzene ring substituents is 1. The van der Waals surface area contributed by atoms with E-state index in [0.29, 0.717) is 6.54 Å². The molecule has 0 bridgehead atoms. The Morgan fingerprint density at radius 1 is 1.50 bits per heavy atom. The molecule has 1 aliphatic carbocycles. The second kappa shape index (κ2) is 5.54. The van der Waals surface area contributed by atoms with Gasteiger partial charge in [0.2, 0.25) is 5.91 Å². The van der Waals surface area contributed by atoms with Crippen LogP contribution in [0.2, 0.25) is 0 Å². The van der Waals surface area contributed by atoms with Gasteiger partial charge in [-0.15, -0.1) is 0 Å². The van der Waals surface area contributed by atoms with Crippen LogP contribution < -0.4 is 11.1 Å². The molecule has 0 atom stereocenters. The number of nitrogens with zero attached hydrogens (tertiary/aromatic N) is 1. The van der Waals surface area contributed by atoms with Gasteiger partial charge in [-0.05, 0) is 30.9 Å². The Morgan fingerprint density at radius 3 is 2.70 bits per heavy atom. The van der Waals surface area contributed by atoms with Gasteiger partial charge < -0.3 is 11.1 Å². The van der Waals surface area contributed by atoms with E-state index in [1.54, 1.807) is 0 Å². The van der Waals surface area contributed by atoms with Gasteiger partial charge >= 0.3 is 0 Å². The Hall–Kier alpha value is -2.02. The lowest BCUT2D eigenvalue weighted by molar-refractivity contribution is -0.384. The molecule has 1 aromatic carbocycles. The number of amides is 1. The molecule has 0 unspecified atom stereocenters. The lowest BCUT2D eigenvalue weighted by Crippen LogP contribution is -2.40. The van der Waals surface area contributed by atoms with Crippen molar-refractivity contribution in [2.45, 2.75) is 25.7 Å². The molecular formula is C13H16FN3O3. The summed E-state index contributed by atoms with van der Waals surface area (Å²) in [7, 11) is 0. The second-order valence-corrected chi connectivity index (χ2v) is 5.20. The van der Waals surface area contributed by atoms with Crippen molar-refractivity contribution in [3.8, 4) is 0 Å². The van der Waals surface area contributed by atoms with Crippen LogP contribution in [0.1, 0.15) is 25.7 Å². The van der Waals surface area contributed by atoms with E-state index in [4.69, 9.17) is 5.73 Å². The standard InChI is InChI=1S/C13H16FN3O3/c14-10-3-2-9(17(19)20)6-11(10)16-12(18)7-13(8-15)4-1-5-13/h2-3,6H,1,4-5,7-8,15H2,(H,16,18). The summed E-state index contributed by atoms with van der Waals surface area (Å²) in [6, 6.07) is 3.04. The zero-order valence-electron chi connectivity index (χ0n) is 10.9. The zero-order chi connectivity index (χ0) is 14.8. The average molecular weight is 281 g/mol. The van der Waals surface area contributed by atoms with Crippen molar-refractivity contribution in [3.63, 3.8) is 0 Å². The fourth-order valence-electron chi connectivity index (χ4n) is 2.39. The summed E-state index contributed by atoms with van der Waals surface area (Å²) in [5, 5.41) is 13.0. The molecule has 3 N–H and O–H groups in total. The summed E-state index contributed by atoms with van der Waals surface area (Å²) >= 11 is 0. The minimum atomic E-state index is -0.695. The maximum Gasteiger partial charge on any atom is 0.271 e. The SMILES string of the molecule is NCC1(CC(=O)Nc2cc([N+](=O)[O-])ccc2F)CCC1. The number of non-ortho nitro benzene ring substituents is 1. The number of anilines is 1. The fraction of sp³-hybridized carbons (Fsp3) is 0.462. The molecule has 2 rings (SSSR count). The molecular weight excluding hydrogens is 265 g/mol. The first-order chi connectivity index (χ1) is 9.46. The maximum atomic E-state index is 13.5. The van der Waals surface area contributed by atoms with Crippen LogP contribution in [-0.2, 0) is 4.79 Å². The van der Waals surface area contributed by atoms with Gasteiger partial charge in [-0.3, -0.25) is 14.9 Å². The largest absolute Gasteiger partial charge is 0.330 e. The molecule has 1 aromatic rings. The van der Waals surface area contributed by atoms with Crippen LogP contribution in [0.3, 0.4) is 0 Å². The molecule has 1 fully saturated rings. The molecule has 0 aliphatic heterocycles. The highest BCUT2D eigenvalue weighted by molar-refractivity contribution is 5.91. The molecule has 1 aliphatic rings. The highest BCUT2D eigenvalue weighted by atomic mass is 19.1. The number of hydrogen-bond acceptors (Lipinski definition) is 4. The van der Waals surface area contributed by atoms with Crippen molar-refractivity contribution in [1.82, 2.24) is 0 Å². The number of halogens is 1. The first-order valence-corrected chi connectivity index (χ1v) is 6.40. The summed E-state index contributed by atoms with van der Waals surface area (Å²) in [5.41, 5.74) is 5.03. The lowest BCUT2D eigenvalue weighted by Gasteiger charge is -2.40. The first kappa shape index (κ1) is 14.4. The van der Waals surface area contributed by atoms with Crippen LogP contribution in [0.4, 0.5) is 15.8 Å². The van der Waals surface area contributed by atoms with Gasteiger partial charge in [-0.25, -0.2) is 4.39 Å². The number of rotatable bonds is 5. The number of carbonyl (C=O) groups is 1. The molecule has 108 valence electrons. The summed E-state index contributed by atoms with van der Waals surface area (Å²) < 4.78 is 13.5. The van der Waals surface area contributed by atoms with Crippen LogP contribution in [0.5, 0.6) is 0 Å². The van der Waals surface area contributed by atoms with E-state index in [9.17, 15) is 19.3 Å². The highest BCUT2D eigenvalue weighted by Crippen LogP contribution is 2.43. The monoisotopic (exact) mass is 281 g/mol. The van der Waals surface area contributed by atoms with E-state index in [1.807, 2.05) is 0 Å². The maximum absolute atomic E-state index is 13.5. The van der Waals surface area contributed by atoms with E-state index in [2.05, 4.69) is 5.32 Å². The molecule has 7 heteroatoms. The van der Waals surface area contributed by atoms with Gasteiger partial charge in [-0.2, -0.15) is 0 Å². The van der Waals surface area contributed by atoms with E-state index >= 15 is 0 Å². The van der Waals surface area contributed by atoms with Crippen molar-refractivity contribution in [2.24, 2.45) is 11.1 Å². The molecule has 0 radical (unpaired) electrons. The smallest absolute Gasteiger partial charge is 0.271 e. The molecule has 6 nitrogen and oxygen atoms in total. The molecule has 20 heavy (non-hydrogen) atoms. The first-order valence-electron chi connectivity index (χ1n) is 6.40. The normalized spacial score (nSPS) is 16.3. The Kier molecular flexibility index (Phi) is 3.99. The zero-order valence-corrected chi connectivity index (χ0v) is 10.9. The molecule has 0 saturated heterocycles. The minimum Gasteiger partial charge on any atom is -0.330 e. The van der Waals surface area contributed by atoms with Crippen molar-refractivity contribution in [2.75, 3.05) is 11.9 Å². The van der Waals surface area contributed by atoms with E-state index in [1.165, 1.54) is 0 Å². The second-order valence-electron chi connectivity index (χ2n) is 5.20. The minimum absolute atomic E-state index is 0.171. The Morgan fingerprint density at radius 2 is 2.20 bits per heavy atom. The van der Waals surface area contributed by atoms with Gasteiger partial charge in [0, 0.05) is 18.6 Å². The summed E-state index contributed by atoms with van der Waals surface area (Å²) in [6.07, 6.45) is 3.02. The Balaban J connectivity index is 2.07. The quantitative estimate of drug-likeness (QED) is 0.638. The number of nitrogens with two attached hydrogens (primary N) is 1. The van der Waals surface area contributed by atoms with Crippen LogP contribution in [0, 0.1) is 21.3 Å². The van der Waals surface area contributed by atoms with Gasteiger partial charge in [0.05, 0.1) is 10.6 Å². The predicted octanol–water partition coefficient (Wildman–Crippen LogP) is 2.19. The summed E-state index contributed by atoms with van der Waals surface area (Å²) in [6.45, 7) is 0.415. The van der Waals surface area contributed by atoms with Crippen LogP contribution in [0.15, 0.2) is 18.2 Å². The predicted molar refractivity (Wildman–Crippen MR) is 71.6 cm³/mol. The lowest BCUT2D eigenvalue weighted by atomic mass is 9.66. The number of carbonyl (C=O) groups excluding carboxylic acids is 1. The molecule has 0 heterocycles. The van der Waals surface area contributed by atoms with Gasteiger partial charge in [0.1, 0.15) is 5.82 Å². The fourth-order valence-corrected chi connectivity index (χ4v) is 2.39. The van der Waals surface area contributed by atoms with Crippen molar-refractivity contribution >= 4 is 17.3 Å². The average Bonchev–Trinajstić information content (AvgIpc) is 2.36. The van der Waals surface area contributed by atoms with E-state index in [-0.39, 0.29) is 29.1 Å². The topological polar surface area (TPSA) is 98.3 Å². The molecule has 0 aromatic heterocycles. The van der Waals surface area contributed by atoms with Gasteiger partial charge in [0.15, 0.2) is 0 Å². The molecule has 1 saturated carbocycles. The Bertz CT molecular complexity index is 538. The third-order valence-corrected chi connectivity index (χ3v) is 3.82. The summed E-state index contributed by atoms with van der Waals surface area (Å²) in [4.78, 5) is 21.9. The van der Waals surface area contributed by atoms with Gasteiger partial charge in [-0.1, -0.05) is 6.42 Å². The molecule has 1 amide bonds. The van der Waals surface area contributed by atoms with E-state index in [0.717, 1.165) is 37.5 Å². The summed E-state index contributed by atoms with van der Waals surface area (Å²) in [5.74, 6) is -1.06. The van der Waals surface area contributed by atoms with Crippen molar-refractivity contribution in [3.05, 3.63) is 34.1 Å².